The molecule has 222 valence electrons. The van der Waals surface area contributed by atoms with Gasteiger partial charge in [0, 0.05) is 87.3 Å². The molecule has 0 bridgehead atoms. The first kappa shape index (κ1) is 29.8. The minimum absolute atomic E-state index is 0.131. The number of hydrogen-bond donors (Lipinski definition) is 1. The number of aromatic nitrogens is 3. The van der Waals surface area contributed by atoms with Crippen molar-refractivity contribution in [1.82, 2.24) is 25.0 Å². The molecule has 0 saturated carbocycles. The van der Waals surface area contributed by atoms with Gasteiger partial charge in [0.25, 0.3) is 0 Å². The van der Waals surface area contributed by atoms with Gasteiger partial charge in [0.2, 0.25) is 0 Å². The molecule has 1 aromatic carbocycles. The first-order valence-electron chi connectivity index (χ1n) is 14.1. The molecular formula is C30H35ClFN7O3. The van der Waals surface area contributed by atoms with Crippen molar-refractivity contribution in [3.05, 3.63) is 59.1 Å². The Balaban J connectivity index is 1.34. The molecule has 1 atom stereocenters. The van der Waals surface area contributed by atoms with Gasteiger partial charge in [0.1, 0.15) is 11.6 Å². The second-order valence-electron chi connectivity index (χ2n) is 10.9. The van der Waals surface area contributed by atoms with Gasteiger partial charge >= 0.3 is 5.97 Å². The molecule has 2 aliphatic heterocycles. The summed E-state index contributed by atoms with van der Waals surface area (Å²) in [6.45, 7) is 5.51. The molecule has 42 heavy (non-hydrogen) atoms. The highest BCUT2D eigenvalue weighted by Gasteiger charge is 2.29. The predicted molar refractivity (Wildman–Crippen MR) is 160 cm³/mol. The standard InChI is InChI=1S/C30H35ClFN7O3/c1-37-10-12-39(13-11-37)9-6-24(40)17-23-16-22(5-8-33-23)34-28-18-27(25-15-21(31)3-4-26(25)32)35-36-29(28)38(2)19-20-7-14-42-30(20)41/h3-5,8,15-16,18,20H,6-7,9-14,17,19H2,1-2H3,(H,33,34,35). The van der Waals surface area contributed by atoms with E-state index in [-0.39, 0.29) is 29.7 Å². The average molecular weight is 596 g/mol. The van der Waals surface area contributed by atoms with Crippen LogP contribution in [0.5, 0.6) is 0 Å². The predicted octanol–water partition coefficient (Wildman–Crippen LogP) is 3.82. The summed E-state index contributed by atoms with van der Waals surface area (Å²) in [5.41, 5.74) is 2.39. The Kier molecular flexibility index (Phi) is 9.61. The van der Waals surface area contributed by atoms with Crippen LogP contribution in [0.2, 0.25) is 5.02 Å². The van der Waals surface area contributed by atoms with Crippen molar-refractivity contribution in [3.8, 4) is 11.3 Å². The highest BCUT2D eigenvalue weighted by atomic mass is 35.5. The molecule has 5 rings (SSSR count). The van der Waals surface area contributed by atoms with E-state index in [2.05, 4.69) is 37.3 Å². The molecule has 12 heteroatoms. The topological polar surface area (TPSA) is 104 Å². The summed E-state index contributed by atoms with van der Waals surface area (Å²) in [7, 11) is 3.93. The Bertz CT molecular complexity index is 1430. The first-order chi connectivity index (χ1) is 20.2. The molecular weight excluding hydrogens is 561 g/mol. The van der Waals surface area contributed by atoms with Crippen LogP contribution in [0.25, 0.3) is 11.3 Å². The molecule has 4 heterocycles. The molecule has 2 saturated heterocycles. The van der Waals surface area contributed by atoms with E-state index in [1.807, 2.05) is 18.0 Å². The summed E-state index contributed by atoms with van der Waals surface area (Å²) in [6.07, 6.45) is 2.98. The van der Waals surface area contributed by atoms with Gasteiger partial charge in [-0.25, -0.2) is 4.39 Å². The molecule has 1 unspecified atom stereocenters. The summed E-state index contributed by atoms with van der Waals surface area (Å²) in [4.78, 5) is 35.7. The Morgan fingerprint density at radius 3 is 2.74 bits per heavy atom. The Morgan fingerprint density at radius 1 is 1.17 bits per heavy atom. The van der Waals surface area contributed by atoms with Gasteiger partial charge in [-0.3, -0.25) is 14.6 Å². The summed E-state index contributed by atoms with van der Waals surface area (Å²) in [5.74, 6) is -0.387. The molecule has 2 aliphatic rings. The smallest absolute Gasteiger partial charge is 0.310 e. The third kappa shape index (κ3) is 7.58. The van der Waals surface area contributed by atoms with Crippen LogP contribution in [0.1, 0.15) is 18.5 Å². The zero-order valence-corrected chi connectivity index (χ0v) is 24.6. The molecule has 2 fully saturated rings. The van der Waals surface area contributed by atoms with E-state index < -0.39 is 5.82 Å². The number of rotatable bonds is 11. The van der Waals surface area contributed by atoms with Gasteiger partial charge in [-0.1, -0.05) is 11.6 Å². The molecule has 3 aromatic rings. The van der Waals surface area contributed by atoms with Crippen molar-refractivity contribution in [3.63, 3.8) is 0 Å². The van der Waals surface area contributed by atoms with Crippen LogP contribution in [-0.4, -0.2) is 96.7 Å². The number of nitrogens with zero attached hydrogens (tertiary/aromatic N) is 6. The van der Waals surface area contributed by atoms with E-state index in [1.165, 1.54) is 18.2 Å². The third-order valence-corrected chi connectivity index (χ3v) is 7.89. The van der Waals surface area contributed by atoms with E-state index in [0.717, 1.165) is 32.7 Å². The molecule has 0 amide bonds. The van der Waals surface area contributed by atoms with E-state index in [1.54, 1.807) is 18.3 Å². The number of ketones is 1. The van der Waals surface area contributed by atoms with Crippen molar-refractivity contribution in [2.24, 2.45) is 5.92 Å². The van der Waals surface area contributed by atoms with Gasteiger partial charge < -0.3 is 24.8 Å². The van der Waals surface area contributed by atoms with E-state index in [0.29, 0.717) is 59.6 Å². The normalized spacial score (nSPS) is 17.7. The van der Waals surface area contributed by atoms with E-state index in [9.17, 15) is 14.0 Å². The highest BCUT2D eigenvalue weighted by Crippen LogP contribution is 2.32. The fourth-order valence-electron chi connectivity index (χ4n) is 5.16. The van der Waals surface area contributed by atoms with Crippen molar-refractivity contribution in [2.45, 2.75) is 19.3 Å². The summed E-state index contributed by atoms with van der Waals surface area (Å²) < 4.78 is 19.8. The minimum Gasteiger partial charge on any atom is -0.465 e. The van der Waals surface area contributed by atoms with Crippen molar-refractivity contribution < 1.29 is 18.7 Å². The highest BCUT2D eigenvalue weighted by molar-refractivity contribution is 6.30. The number of Topliss-reactive ketones (excluding diaryl/α,β-unsaturated/α-hetero) is 1. The van der Waals surface area contributed by atoms with Gasteiger partial charge in [0.15, 0.2) is 5.82 Å². The quantitative estimate of drug-likeness (QED) is 0.329. The maximum atomic E-state index is 14.7. The number of carbonyl (C=O) groups is 2. The maximum Gasteiger partial charge on any atom is 0.310 e. The number of hydrogen-bond acceptors (Lipinski definition) is 10. The van der Waals surface area contributed by atoms with Crippen LogP contribution < -0.4 is 10.2 Å². The van der Waals surface area contributed by atoms with Crippen LogP contribution >= 0.6 is 11.6 Å². The number of halogens is 2. The first-order valence-corrected chi connectivity index (χ1v) is 14.5. The fraction of sp³-hybridized carbons (Fsp3) is 0.433. The second kappa shape index (κ2) is 13.5. The number of benzene rings is 1. The lowest BCUT2D eigenvalue weighted by Gasteiger charge is -2.32. The zero-order chi connectivity index (χ0) is 29.6. The lowest BCUT2D eigenvalue weighted by atomic mass is 10.1. The fourth-order valence-corrected chi connectivity index (χ4v) is 5.33. The molecule has 2 aromatic heterocycles. The van der Waals surface area contributed by atoms with Crippen LogP contribution in [0.4, 0.5) is 21.6 Å². The number of cyclic esters (lactones) is 1. The van der Waals surface area contributed by atoms with Gasteiger partial charge in [-0.15, -0.1) is 10.2 Å². The number of carbonyl (C=O) groups excluding carboxylic acids is 2. The van der Waals surface area contributed by atoms with Gasteiger partial charge in [-0.05, 0) is 49.9 Å². The summed E-state index contributed by atoms with van der Waals surface area (Å²) in [6, 6.07) is 9.57. The average Bonchev–Trinajstić information content (AvgIpc) is 3.38. The van der Waals surface area contributed by atoms with Crippen LogP contribution in [0.15, 0.2) is 42.6 Å². The van der Waals surface area contributed by atoms with Crippen molar-refractivity contribution in [2.75, 3.05) is 70.2 Å². The summed E-state index contributed by atoms with van der Waals surface area (Å²) >= 11 is 6.14. The lowest BCUT2D eigenvalue weighted by Crippen LogP contribution is -2.45. The van der Waals surface area contributed by atoms with Crippen molar-refractivity contribution in [1.29, 1.82) is 0 Å². The Morgan fingerprint density at radius 2 is 1.98 bits per heavy atom. The van der Waals surface area contributed by atoms with Crippen LogP contribution in [0.3, 0.4) is 0 Å². The Labute approximate surface area is 249 Å². The SMILES string of the molecule is CN1CCN(CCC(=O)Cc2cc(Nc3cc(-c4cc(Cl)ccc4F)nnc3N(C)CC3CCOC3=O)ccn2)CC1. The number of piperazine rings is 1. The maximum absolute atomic E-state index is 14.7. The molecule has 0 aliphatic carbocycles. The molecule has 0 spiro atoms. The molecule has 1 N–H and O–H groups in total. The third-order valence-electron chi connectivity index (χ3n) is 7.66. The largest absolute Gasteiger partial charge is 0.465 e. The second-order valence-corrected chi connectivity index (χ2v) is 11.3. The van der Waals surface area contributed by atoms with Gasteiger partial charge in [-0.2, -0.15) is 0 Å². The molecule has 0 radical (unpaired) electrons. The Hall–Kier alpha value is -3.67. The number of pyridine rings is 1. The number of ether oxygens (including phenoxy) is 1. The molecule has 10 nitrogen and oxygen atoms in total. The van der Waals surface area contributed by atoms with Crippen LogP contribution in [0, 0.1) is 11.7 Å². The van der Waals surface area contributed by atoms with Crippen molar-refractivity contribution >= 4 is 40.5 Å². The zero-order valence-electron chi connectivity index (χ0n) is 23.9. The number of esters is 1. The lowest BCUT2D eigenvalue weighted by molar-refractivity contribution is -0.141. The van der Waals surface area contributed by atoms with Crippen LogP contribution in [-0.2, 0) is 20.7 Å². The monoisotopic (exact) mass is 595 g/mol. The van der Waals surface area contributed by atoms with Gasteiger partial charge in [0.05, 0.1) is 23.9 Å². The van der Waals surface area contributed by atoms with E-state index >= 15 is 0 Å². The number of anilines is 3. The number of nitrogens with one attached hydrogen (secondary N) is 1. The minimum atomic E-state index is -0.476. The number of likely N-dealkylation sites (N-methyl/N-ethyl adjacent to an activating group) is 1. The van der Waals surface area contributed by atoms with E-state index in [4.69, 9.17) is 16.3 Å². The summed E-state index contributed by atoms with van der Waals surface area (Å²) in [5, 5.41) is 12.4.